The van der Waals surface area contributed by atoms with E-state index >= 15 is 0 Å². The van der Waals surface area contributed by atoms with Crippen LogP contribution in [0.1, 0.15) is 11.3 Å². The summed E-state index contributed by atoms with van der Waals surface area (Å²) in [5.41, 5.74) is -4.51. The van der Waals surface area contributed by atoms with Gasteiger partial charge in [0.1, 0.15) is 11.8 Å². The molecule has 3 amide bonds. The summed E-state index contributed by atoms with van der Waals surface area (Å²) in [4.78, 5) is 32.1. The molecule has 1 saturated heterocycles. The van der Waals surface area contributed by atoms with E-state index in [1.54, 1.807) is 23.5 Å². The number of rotatable bonds is 3. The lowest BCUT2D eigenvalue weighted by molar-refractivity contribution is -0.302. The first-order valence-electron chi connectivity index (χ1n) is 8.98. The maximum Gasteiger partial charge on any atom is 0.423 e. The quantitative estimate of drug-likeness (QED) is 0.713. The molecular weight excluding hydrogens is 446 g/mol. The Balaban J connectivity index is 1.96. The van der Waals surface area contributed by atoms with E-state index in [0.29, 0.717) is 10.5 Å². The number of benzene rings is 1. The highest BCUT2D eigenvalue weighted by atomic mass is 19.4. The third-order valence-electron chi connectivity index (χ3n) is 4.98. The number of carbonyl (C=O) groups is 2. The Hall–Kier alpha value is -3.64. The molecule has 3 heterocycles. The number of nitrogens with zero attached hydrogens (tertiary/aromatic N) is 3. The highest BCUT2D eigenvalue weighted by Crippen LogP contribution is 2.53. The van der Waals surface area contributed by atoms with Gasteiger partial charge in [-0.15, -0.1) is 0 Å². The number of hydrogen-bond donors (Lipinski definition) is 1. The lowest BCUT2D eigenvalue weighted by atomic mass is 9.78. The number of imide groups is 1. The van der Waals surface area contributed by atoms with Gasteiger partial charge in [0.25, 0.3) is 5.54 Å². The molecule has 2 aromatic rings. The summed E-state index contributed by atoms with van der Waals surface area (Å²) in [5, 5.41) is 1.57. The van der Waals surface area contributed by atoms with E-state index in [0.717, 1.165) is 12.3 Å². The molecule has 4 rings (SSSR count). The van der Waals surface area contributed by atoms with Crippen LogP contribution >= 0.6 is 0 Å². The topological polar surface area (TPSA) is 87.3 Å². The maximum absolute atomic E-state index is 14.1. The van der Waals surface area contributed by atoms with Crippen molar-refractivity contribution in [3.8, 4) is 0 Å². The van der Waals surface area contributed by atoms with Crippen molar-refractivity contribution in [2.75, 3.05) is 0 Å². The standard InChI is InChI=1S/C19H12F6N4O3/c20-18(21,22)17(19(23,24)25)12-14(26-13(28-17)11-7-4-8-32-11)29(16(31)27-15(12)30)9-10-5-2-1-3-6-10/h1-8,12H,9H2,(H,27,30,31). The molecule has 0 saturated carbocycles. The number of fused-ring (bicyclic) bond motifs is 1. The first-order chi connectivity index (χ1) is 15.0. The zero-order valence-corrected chi connectivity index (χ0v) is 15.7. The average Bonchev–Trinajstić information content (AvgIpc) is 3.24. The van der Waals surface area contributed by atoms with Crippen LogP contribution in [0.25, 0.3) is 0 Å². The first-order valence-corrected chi connectivity index (χ1v) is 8.98. The van der Waals surface area contributed by atoms with E-state index in [9.17, 15) is 35.9 Å². The van der Waals surface area contributed by atoms with Crippen LogP contribution in [0.5, 0.6) is 0 Å². The fraction of sp³-hybridized carbons (Fsp3) is 0.263. The van der Waals surface area contributed by atoms with Crippen molar-refractivity contribution in [1.29, 1.82) is 0 Å². The van der Waals surface area contributed by atoms with Gasteiger partial charge in [-0.25, -0.2) is 14.8 Å². The number of carbonyl (C=O) groups excluding carboxylic acids is 2. The molecule has 13 heteroatoms. The van der Waals surface area contributed by atoms with E-state index in [4.69, 9.17) is 4.42 Å². The Morgan fingerprint density at radius 1 is 1.00 bits per heavy atom. The van der Waals surface area contributed by atoms with Crippen molar-refractivity contribution in [2.24, 2.45) is 15.9 Å². The molecule has 2 aliphatic rings. The molecule has 1 aromatic heterocycles. The smallest absolute Gasteiger partial charge is 0.423 e. The number of amides is 3. The summed E-state index contributed by atoms with van der Waals surface area (Å²) in [6.45, 7) is -0.438. The van der Waals surface area contributed by atoms with Crippen LogP contribution in [-0.4, -0.2) is 46.4 Å². The van der Waals surface area contributed by atoms with Crippen LogP contribution in [0.4, 0.5) is 31.1 Å². The number of furan rings is 1. The normalized spacial score (nSPS) is 20.9. The Kier molecular flexibility index (Phi) is 4.86. The molecular formula is C19H12F6N4O3. The molecule has 1 unspecified atom stereocenters. The molecule has 1 N–H and O–H groups in total. The van der Waals surface area contributed by atoms with E-state index in [1.807, 2.05) is 0 Å². The van der Waals surface area contributed by atoms with Crippen molar-refractivity contribution >= 4 is 23.6 Å². The zero-order chi connectivity index (χ0) is 23.3. The minimum absolute atomic E-state index is 0.380. The van der Waals surface area contributed by atoms with Gasteiger partial charge in [-0.3, -0.25) is 15.0 Å². The molecule has 0 aliphatic carbocycles. The van der Waals surface area contributed by atoms with Gasteiger partial charge in [0, 0.05) is 0 Å². The largest absolute Gasteiger partial charge is 0.461 e. The van der Waals surface area contributed by atoms with Crippen molar-refractivity contribution in [3.05, 3.63) is 60.1 Å². The zero-order valence-electron chi connectivity index (χ0n) is 15.7. The predicted octanol–water partition coefficient (Wildman–Crippen LogP) is 3.67. The second kappa shape index (κ2) is 7.21. The summed E-state index contributed by atoms with van der Waals surface area (Å²) in [7, 11) is 0. The highest BCUT2D eigenvalue weighted by molar-refractivity contribution is 6.23. The van der Waals surface area contributed by atoms with E-state index in [1.165, 1.54) is 18.2 Å². The highest BCUT2D eigenvalue weighted by Gasteiger charge is 2.79. The van der Waals surface area contributed by atoms with E-state index in [2.05, 4.69) is 9.98 Å². The van der Waals surface area contributed by atoms with Crippen LogP contribution in [-0.2, 0) is 11.3 Å². The second-order valence-electron chi connectivity index (χ2n) is 6.94. The molecule has 0 spiro atoms. The molecule has 7 nitrogen and oxygen atoms in total. The minimum atomic E-state index is -6.06. The summed E-state index contributed by atoms with van der Waals surface area (Å²) < 4.78 is 89.5. The molecule has 2 aliphatic heterocycles. The van der Waals surface area contributed by atoms with Crippen LogP contribution < -0.4 is 5.32 Å². The molecule has 1 aromatic carbocycles. The van der Waals surface area contributed by atoms with Crippen molar-refractivity contribution in [3.63, 3.8) is 0 Å². The fourth-order valence-electron chi connectivity index (χ4n) is 3.54. The fourth-order valence-corrected chi connectivity index (χ4v) is 3.54. The summed E-state index contributed by atoms with van der Waals surface area (Å²) in [6.07, 6.45) is -11.1. The molecule has 168 valence electrons. The van der Waals surface area contributed by atoms with E-state index < -0.39 is 59.7 Å². The number of nitrogens with one attached hydrogen (secondary N) is 1. The van der Waals surface area contributed by atoms with Gasteiger partial charge < -0.3 is 4.42 Å². The SMILES string of the molecule is O=C1NC(=O)N(Cc2ccccc2)C2=NC(c3ccco3)=NC(C(F)(F)F)(C(F)(F)F)C12. The average molecular weight is 458 g/mol. The monoisotopic (exact) mass is 458 g/mol. The van der Waals surface area contributed by atoms with Crippen LogP contribution in [0.15, 0.2) is 63.1 Å². The van der Waals surface area contributed by atoms with Gasteiger partial charge in [-0.05, 0) is 17.7 Å². The Labute approximate surface area is 175 Å². The molecule has 0 bridgehead atoms. The third kappa shape index (κ3) is 3.24. The number of urea groups is 1. The second-order valence-corrected chi connectivity index (χ2v) is 6.94. The number of halogens is 6. The maximum atomic E-state index is 14.1. The number of aliphatic imine (C=N–C) groups is 2. The molecule has 32 heavy (non-hydrogen) atoms. The van der Waals surface area contributed by atoms with E-state index in [-0.39, 0.29) is 0 Å². The number of alkyl halides is 6. The first kappa shape index (κ1) is 21.6. The molecule has 0 radical (unpaired) electrons. The summed E-state index contributed by atoms with van der Waals surface area (Å²) in [5.74, 6) is -7.36. The number of hydrogen-bond acceptors (Lipinski definition) is 5. The van der Waals surface area contributed by atoms with Crippen LogP contribution in [0.2, 0.25) is 0 Å². The Morgan fingerprint density at radius 3 is 2.22 bits per heavy atom. The molecule has 1 fully saturated rings. The summed E-state index contributed by atoms with van der Waals surface area (Å²) >= 11 is 0. The predicted molar refractivity (Wildman–Crippen MR) is 96.5 cm³/mol. The minimum Gasteiger partial charge on any atom is -0.461 e. The van der Waals surface area contributed by atoms with Gasteiger partial charge in [0.2, 0.25) is 5.91 Å². The van der Waals surface area contributed by atoms with Crippen LogP contribution in [0, 0.1) is 5.92 Å². The van der Waals surface area contributed by atoms with Crippen molar-refractivity contribution in [2.45, 2.75) is 24.4 Å². The van der Waals surface area contributed by atoms with Crippen molar-refractivity contribution < 1.29 is 40.3 Å². The van der Waals surface area contributed by atoms with Gasteiger partial charge in [-0.1, -0.05) is 30.3 Å². The molecule has 1 atom stereocenters. The Bertz CT molecular complexity index is 1090. The number of amidine groups is 2. The van der Waals surface area contributed by atoms with Gasteiger partial charge in [0.05, 0.1) is 12.8 Å². The van der Waals surface area contributed by atoms with Gasteiger partial charge in [-0.2, -0.15) is 26.3 Å². The van der Waals surface area contributed by atoms with Crippen molar-refractivity contribution in [1.82, 2.24) is 10.2 Å². The summed E-state index contributed by atoms with van der Waals surface area (Å²) in [6, 6.07) is 8.83. The lowest BCUT2D eigenvalue weighted by Crippen LogP contribution is -2.72. The van der Waals surface area contributed by atoms with Crippen LogP contribution in [0.3, 0.4) is 0 Å². The van der Waals surface area contributed by atoms with Gasteiger partial charge >= 0.3 is 18.4 Å². The lowest BCUT2D eigenvalue weighted by Gasteiger charge is -2.45. The Morgan fingerprint density at radius 2 is 1.66 bits per heavy atom. The van der Waals surface area contributed by atoms with Gasteiger partial charge in [0.15, 0.2) is 11.6 Å². The third-order valence-corrected chi connectivity index (χ3v) is 4.98.